The molecule has 0 radical (unpaired) electrons. The molecular formula is C17H21N3O4. The third-order valence-electron chi connectivity index (χ3n) is 4.13. The summed E-state index contributed by atoms with van der Waals surface area (Å²) in [6.07, 6.45) is 1.34. The number of rotatable bonds is 7. The van der Waals surface area contributed by atoms with Crippen molar-refractivity contribution in [1.29, 1.82) is 0 Å². The summed E-state index contributed by atoms with van der Waals surface area (Å²) in [6.45, 7) is 4.02. The van der Waals surface area contributed by atoms with Crippen LogP contribution in [-0.2, 0) is 20.9 Å². The first-order valence-electron chi connectivity index (χ1n) is 7.93. The Bertz CT molecular complexity index is 672. The topological polar surface area (TPSA) is 95.6 Å². The van der Waals surface area contributed by atoms with E-state index in [1.54, 1.807) is 30.0 Å². The van der Waals surface area contributed by atoms with Gasteiger partial charge in [-0.2, -0.15) is 0 Å². The number of anilines is 1. The number of hydrogen-bond donors (Lipinski definition) is 2. The van der Waals surface area contributed by atoms with E-state index < -0.39 is 0 Å². The van der Waals surface area contributed by atoms with Crippen LogP contribution in [-0.4, -0.2) is 35.1 Å². The third kappa shape index (κ3) is 3.79. The molecule has 1 aliphatic heterocycles. The second kappa shape index (κ2) is 7.72. The van der Waals surface area contributed by atoms with Gasteiger partial charge in [0.1, 0.15) is 0 Å². The minimum Gasteiger partial charge on any atom is -0.331 e. The number of nitrogens with zero attached hydrogens (tertiary/aromatic N) is 1. The van der Waals surface area contributed by atoms with Crippen LogP contribution >= 0.6 is 0 Å². The Morgan fingerprint density at radius 2 is 2.08 bits per heavy atom. The Balaban J connectivity index is 2.09. The van der Waals surface area contributed by atoms with E-state index in [0.29, 0.717) is 37.0 Å². The van der Waals surface area contributed by atoms with Crippen molar-refractivity contribution in [2.45, 2.75) is 45.7 Å². The molecule has 4 amide bonds. The van der Waals surface area contributed by atoms with Crippen molar-refractivity contribution in [3.05, 3.63) is 29.3 Å². The number of imide groups is 1. The van der Waals surface area contributed by atoms with Gasteiger partial charge >= 0.3 is 0 Å². The van der Waals surface area contributed by atoms with Crippen molar-refractivity contribution in [3.8, 4) is 0 Å². The summed E-state index contributed by atoms with van der Waals surface area (Å²) in [4.78, 5) is 47.5. The molecule has 24 heavy (non-hydrogen) atoms. The number of nitrogens with one attached hydrogen (secondary N) is 2. The second-order valence-electron chi connectivity index (χ2n) is 5.74. The molecule has 1 aliphatic rings. The van der Waals surface area contributed by atoms with Crippen molar-refractivity contribution in [2.24, 2.45) is 0 Å². The molecule has 1 aromatic carbocycles. The quantitative estimate of drug-likeness (QED) is 0.739. The molecule has 128 valence electrons. The van der Waals surface area contributed by atoms with Gasteiger partial charge in [-0.1, -0.05) is 13.0 Å². The van der Waals surface area contributed by atoms with Crippen LogP contribution in [0.3, 0.4) is 0 Å². The summed E-state index contributed by atoms with van der Waals surface area (Å²) in [6, 6.07) is 5.11. The average Bonchev–Trinajstić information content (AvgIpc) is 2.91. The van der Waals surface area contributed by atoms with Gasteiger partial charge < -0.3 is 10.2 Å². The van der Waals surface area contributed by atoms with Gasteiger partial charge in [0, 0.05) is 42.2 Å². The van der Waals surface area contributed by atoms with Crippen LogP contribution in [0.1, 0.15) is 49.0 Å². The van der Waals surface area contributed by atoms with Gasteiger partial charge in [0.2, 0.25) is 18.2 Å². The normalized spacial score (nSPS) is 14.1. The summed E-state index contributed by atoms with van der Waals surface area (Å²) in [7, 11) is 0. The molecule has 1 atom stereocenters. The monoisotopic (exact) mass is 331 g/mol. The smallest absolute Gasteiger partial charge is 0.254 e. The van der Waals surface area contributed by atoms with Crippen molar-refractivity contribution in [1.82, 2.24) is 10.2 Å². The van der Waals surface area contributed by atoms with Crippen molar-refractivity contribution < 1.29 is 19.2 Å². The predicted molar refractivity (Wildman–Crippen MR) is 88.1 cm³/mol. The van der Waals surface area contributed by atoms with Crippen LogP contribution in [0.2, 0.25) is 0 Å². The average molecular weight is 331 g/mol. The molecule has 0 fully saturated rings. The molecule has 2 N–H and O–H groups in total. The maximum atomic E-state index is 12.6. The molecule has 1 unspecified atom stereocenters. The number of carbonyl (C=O) groups is 4. The van der Waals surface area contributed by atoms with Crippen molar-refractivity contribution >= 4 is 29.8 Å². The van der Waals surface area contributed by atoms with Gasteiger partial charge in [-0.15, -0.1) is 0 Å². The minimum absolute atomic E-state index is 0.104. The van der Waals surface area contributed by atoms with E-state index in [9.17, 15) is 19.2 Å². The molecule has 0 saturated carbocycles. The van der Waals surface area contributed by atoms with E-state index in [1.807, 2.05) is 6.92 Å². The fourth-order valence-corrected chi connectivity index (χ4v) is 2.70. The number of hydrogen-bond acceptors (Lipinski definition) is 4. The molecule has 0 spiro atoms. The molecule has 0 aliphatic carbocycles. The van der Waals surface area contributed by atoms with E-state index >= 15 is 0 Å². The number of carbonyl (C=O) groups excluding carboxylic acids is 4. The molecule has 1 heterocycles. The number of amides is 4. The van der Waals surface area contributed by atoms with Crippen molar-refractivity contribution in [3.63, 3.8) is 0 Å². The first kappa shape index (κ1) is 17.7. The Kier molecular flexibility index (Phi) is 5.68. The minimum atomic E-state index is -0.364. The predicted octanol–water partition coefficient (Wildman–Crippen LogP) is 1.43. The van der Waals surface area contributed by atoms with Gasteiger partial charge in [-0.25, -0.2) is 0 Å². The standard InChI is InChI=1S/C17H21N3O4/c1-3-15(22)19-14-6-4-5-12-13(14)9-20(17(12)24)11(2)7-8-16(23)18-10-21/h4-6,10-11H,3,7-9H2,1-2H3,(H,19,22)(H,18,21,23). The highest BCUT2D eigenvalue weighted by atomic mass is 16.2. The molecular weight excluding hydrogens is 310 g/mol. The number of benzene rings is 1. The molecule has 0 saturated heterocycles. The lowest BCUT2D eigenvalue weighted by molar-refractivity contribution is -0.125. The van der Waals surface area contributed by atoms with Crippen molar-refractivity contribution in [2.75, 3.05) is 5.32 Å². The molecule has 2 rings (SSSR count). The van der Waals surface area contributed by atoms with Crippen LogP contribution < -0.4 is 10.6 Å². The fraction of sp³-hybridized carbons (Fsp3) is 0.412. The Labute approximate surface area is 140 Å². The first-order valence-corrected chi connectivity index (χ1v) is 7.93. The molecule has 7 heteroatoms. The first-order chi connectivity index (χ1) is 11.5. The summed E-state index contributed by atoms with van der Waals surface area (Å²) in [5.41, 5.74) is 2.03. The zero-order valence-electron chi connectivity index (χ0n) is 13.8. The maximum absolute atomic E-state index is 12.6. The van der Waals surface area contributed by atoms with Crippen LogP contribution in [0.4, 0.5) is 5.69 Å². The molecule has 0 aromatic heterocycles. The molecule has 0 bridgehead atoms. The highest BCUT2D eigenvalue weighted by Gasteiger charge is 2.32. The third-order valence-corrected chi connectivity index (χ3v) is 4.13. The van der Waals surface area contributed by atoms with Crippen LogP contribution in [0, 0.1) is 0 Å². The van der Waals surface area contributed by atoms with E-state index in [-0.39, 0.29) is 30.2 Å². The van der Waals surface area contributed by atoms with Gasteiger partial charge in [-0.05, 0) is 25.5 Å². The lowest BCUT2D eigenvalue weighted by Crippen LogP contribution is -2.34. The highest BCUT2D eigenvalue weighted by Crippen LogP contribution is 2.31. The second-order valence-corrected chi connectivity index (χ2v) is 5.74. The molecule has 7 nitrogen and oxygen atoms in total. The maximum Gasteiger partial charge on any atom is 0.254 e. The van der Waals surface area contributed by atoms with Gasteiger partial charge in [0.15, 0.2) is 0 Å². The number of fused-ring (bicyclic) bond motifs is 1. The van der Waals surface area contributed by atoms with E-state index in [2.05, 4.69) is 10.6 Å². The zero-order chi connectivity index (χ0) is 17.7. The van der Waals surface area contributed by atoms with Crippen LogP contribution in [0.25, 0.3) is 0 Å². The van der Waals surface area contributed by atoms with E-state index in [0.717, 1.165) is 5.56 Å². The summed E-state index contributed by atoms with van der Waals surface area (Å²) in [5, 5.41) is 4.90. The highest BCUT2D eigenvalue weighted by molar-refractivity contribution is 6.02. The zero-order valence-corrected chi connectivity index (χ0v) is 13.8. The fourth-order valence-electron chi connectivity index (χ4n) is 2.70. The lowest BCUT2D eigenvalue weighted by Gasteiger charge is -2.24. The van der Waals surface area contributed by atoms with Gasteiger partial charge in [0.05, 0.1) is 0 Å². The van der Waals surface area contributed by atoms with Gasteiger partial charge in [0.25, 0.3) is 5.91 Å². The van der Waals surface area contributed by atoms with Gasteiger partial charge in [-0.3, -0.25) is 24.5 Å². The Morgan fingerprint density at radius 1 is 1.33 bits per heavy atom. The van der Waals surface area contributed by atoms with Crippen LogP contribution in [0.15, 0.2) is 18.2 Å². The van der Waals surface area contributed by atoms with E-state index in [1.165, 1.54) is 0 Å². The van der Waals surface area contributed by atoms with Crippen LogP contribution in [0.5, 0.6) is 0 Å². The largest absolute Gasteiger partial charge is 0.331 e. The lowest BCUT2D eigenvalue weighted by atomic mass is 10.1. The SMILES string of the molecule is CCC(=O)Nc1cccc2c1CN(C(C)CCC(=O)NC=O)C2=O. The summed E-state index contributed by atoms with van der Waals surface area (Å²) >= 11 is 0. The summed E-state index contributed by atoms with van der Waals surface area (Å²) < 4.78 is 0. The summed E-state index contributed by atoms with van der Waals surface area (Å²) in [5.74, 6) is -0.578. The molecule has 1 aromatic rings. The Morgan fingerprint density at radius 3 is 2.75 bits per heavy atom. The van der Waals surface area contributed by atoms with E-state index in [4.69, 9.17) is 0 Å². The Hall–Kier alpha value is -2.70.